The quantitative estimate of drug-likeness (QED) is 0.631. The molecule has 0 fully saturated rings. The van der Waals surface area contributed by atoms with Gasteiger partial charge in [-0.3, -0.25) is 0 Å². The smallest absolute Gasteiger partial charge is 0.407 e. The number of benzene rings is 2. The first kappa shape index (κ1) is 22.5. The SMILES string of the molecule is COc1ccc(/C=C/C[C@H](CNC(=O)OC(C)(C)C)OCc2ccccc2)cc1. The maximum Gasteiger partial charge on any atom is 0.407 e. The van der Waals surface area contributed by atoms with Crippen molar-refractivity contribution in [2.75, 3.05) is 13.7 Å². The van der Waals surface area contributed by atoms with Crippen molar-refractivity contribution < 1.29 is 19.0 Å². The molecule has 0 radical (unpaired) electrons. The summed E-state index contributed by atoms with van der Waals surface area (Å²) in [5, 5.41) is 2.80. The molecule has 2 aromatic rings. The largest absolute Gasteiger partial charge is 0.497 e. The summed E-state index contributed by atoms with van der Waals surface area (Å²) in [4.78, 5) is 12.0. The molecule has 1 atom stereocenters. The van der Waals surface area contributed by atoms with E-state index in [4.69, 9.17) is 14.2 Å². The first-order valence-corrected chi connectivity index (χ1v) is 9.79. The zero-order valence-corrected chi connectivity index (χ0v) is 17.7. The van der Waals surface area contributed by atoms with E-state index in [0.717, 1.165) is 16.9 Å². The molecular formula is C24H31NO4. The van der Waals surface area contributed by atoms with Crippen LogP contribution in [0.4, 0.5) is 4.79 Å². The van der Waals surface area contributed by atoms with Gasteiger partial charge in [0, 0.05) is 6.54 Å². The Morgan fingerprint density at radius 2 is 1.76 bits per heavy atom. The van der Waals surface area contributed by atoms with Crippen LogP contribution >= 0.6 is 0 Å². The average molecular weight is 398 g/mol. The lowest BCUT2D eigenvalue weighted by atomic mass is 10.1. The molecule has 2 rings (SSSR count). The summed E-state index contributed by atoms with van der Waals surface area (Å²) in [6, 6.07) is 17.8. The van der Waals surface area contributed by atoms with E-state index in [0.29, 0.717) is 19.6 Å². The van der Waals surface area contributed by atoms with Crippen LogP contribution in [0.1, 0.15) is 38.3 Å². The highest BCUT2D eigenvalue weighted by Gasteiger charge is 2.17. The summed E-state index contributed by atoms with van der Waals surface area (Å²) < 4.78 is 16.5. The van der Waals surface area contributed by atoms with Gasteiger partial charge in [-0.1, -0.05) is 54.6 Å². The number of carbonyl (C=O) groups excluding carboxylic acids is 1. The maximum atomic E-state index is 12.0. The van der Waals surface area contributed by atoms with Crippen molar-refractivity contribution in [3.05, 3.63) is 71.8 Å². The average Bonchev–Trinajstić information content (AvgIpc) is 2.69. The van der Waals surface area contributed by atoms with Crippen molar-refractivity contribution in [2.24, 2.45) is 0 Å². The molecule has 1 N–H and O–H groups in total. The zero-order valence-electron chi connectivity index (χ0n) is 17.7. The summed E-state index contributed by atoms with van der Waals surface area (Å²) in [5.74, 6) is 0.827. The molecule has 0 spiro atoms. The summed E-state index contributed by atoms with van der Waals surface area (Å²) in [5.41, 5.74) is 1.64. The second-order valence-corrected chi connectivity index (χ2v) is 7.71. The lowest BCUT2D eigenvalue weighted by molar-refractivity contribution is 0.0294. The van der Waals surface area contributed by atoms with E-state index in [1.54, 1.807) is 7.11 Å². The number of hydrogen-bond acceptors (Lipinski definition) is 4. The number of hydrogen-bond donors (Lipinski definition) is 1. The summed E-state index contributed by atoms with van der Waals surface area (Å²) >= 11 is 0. The molecular weight excluding hydrogens is 366 g/mol. The van der Waals surface area contributed by atoms with E-state index < -0.39 is 11.7 Å². The first-order valence-electron chi connectivity index (χ1n) is 9.79. The normalized spacial score (nSPS) is 12.6. The highest BCUT2D eigenvalue weighted by molar-refractivity contribution is 5.67. The van der Waals surface area contributed by atoms with Gasteiger partial charge in [0.2, 0.25) is 0 Å². The Hall–Kier alpha value is -2.79. The molecule has 5 nitrogen and oxygen atoms in total. The molecule has 0 aliphatic carbocycles. The highest BCUT2D eigenvalue weighted by atomic mass is 16.6. The number of ether oxygens (including phenoxy) is 3. The lowest BCUT2D eigenvalue weighted by Gasteiger charge is -2.22. The fourth-order valence-corrected chi connectivity index (χ4v) is 2.58. The van der Waals surface area contributed by atoms with E-state index in [-0.39, 0.29) is 6.10 Å². The first-order chi connectivity index (χ1) is 13.9. The second-order valence-electron chi connectivity index (χ2n) is 7.71. The van der Waals surface area contributed by atoms with E-state index in [1.165, 1.54) is 0 Å². The molecule has 0 bridgehead atoms. The zero-order chi connectivity index (χ0) is 21.1. The van der Waals surface area contributed by atoms with Gasteiger partial charge in [0.05, 0.1) is 19.8 Å². The third kappa shape index (κ3) is 9.30. The van der Waals surface area contributed by atoms with Crippen molar-refractivity contribution >= 4 is 12.2 Å². The van der Waals surface area contributed by atoms with Gasteiger partial charge in [-0.05, 0) is 50.5 Å². The van der Waals surface area contributed by atoms with Crippen LogP contribution in [-0.2, 0) is 16.1 Å². The molecule has 1 amide bonds. The van der Waals surface area contributed by atoms with Crippen molar-refractivity contribution in [3.63, 3.8) is 0 Å². The summed E-state index contributed by atoms with van der Waals surface area (Å²) in [6.45, 7) is 6.38. The monoisotopic (exact) mass is 397 g/mol. The molecule has 0 aliphatic rings. The van der Waals surface area contributed by atoms with Crippen LogP contribution in [0.2, 0.25) is 0 Å². The van der Waals surface area contributed by atoms with Crippen molar-refractivity contribution in [1.82, 2.24) is 5.32 Å². The minimum Gasteiger partial charge on any atom is -0.497 e. The van der Waals surface area contributed by atoms with Crippen LogP contribution < -0.4 is 10.1 Å². The van der Waals surface area contributed by atoms with Crippen molar-refractivity contribution in [2.45, 2.75) is 45.5 Å². The minimum atomic E-state index is -0.529. The van der Waals surface area contributed by atoms with Crippen molar-refractivity contribution in [3.8, 4) is 5.75 Å². The van der Waals surface area contributed by atoms with E-state index in [1.807, 2.05) is 87.5 Å². The van der Waals surface area contributed by atoms with Gasteiger partial charge >= 0.3 is 6.09 Å². The summed E-state index contributed by atoms with van der Waals surface area (Å²) in [7, 11) is 1.65. The highest BCUT2D eigenvalue weighted by Crippen LogP contribution is 2.14. The van der Waals surface area contributed by atoms with E-state index in [2.05, 4.69) is 5.32 Å². The molecule has 0 aromatic heterocycles. The van der Waals surface area contributed by atoms with Crippen LogP contribution in [0.25, 0.3) is 6.08 Å². The van der Waals surface area contributed by atoms with Crippen LogP contribution in [0.15, 0.2) is 60.7 Å². The topological polar surface area (TPSA) is 56.8 Å². The number of rotatable bonds is 9. The van der Waals surface area contributed by atoms with Crippen LogP contribution in [0.3, 0.4) is 0 Å². The van der Waals surface area contributed by atoms with Gasteiger partial charge in [-0.15, -0.1) is 0 Å². The van der Waals surface area contributed by atoms with Gasteiger partial charge in [0.25, 0.3) is 0 Å². The predicted octanol–water partition coefficient (Wildman–Crippen LogP) is 5.21. The molecule has 0 saturated carbocycles. The van der Waals surface area contributed by atoms with Gasteiger partial charge in [-0.25, -0.2) is 4.79 Å². The lowest BCUT2D eigenvalue weighted by Crippen LogP contribution is -2.37. The van der Waals surface area contributed by atoms with Crippen LogP contribution in [0, 0.1) is 0 Å². The number of amides is 1. The Morgan fingerprint density at radius 1 is 1.07 bits per heavy atom. The number of methoxy groups -OCH3 is 1. The fraction of sp³-hybridized carbons (Fsp3) is 0.375. The summed E-state index contributed by atoms with van der Waals surface area (Å²) in [6.07, 6.45) is 4.14. The third-order valence-electron chi connectivity index (χ3n) is 4.03. The Morgan fingerprint density at radius 3 is 2.38 bits per heavy atom. The third-order valence-corrected chi connectivity index (χ3v) is 4.03. The second kappa shape index (κ2) is 11.3. The molecule has 0 aliphatic heterocycles. The molecule has 5 heteroatoms. The fourth-order valence-electron chi connectivity index (χ4n) is 2.58. The van der Waals surface area contributed by atoms with Crippen molar-refractivity contribution in [1.29, 1.82) is 0 Å². The Labute approximate surface area is 173 Å². The standard InChI is InChI=1S/C24H31NO4/c1-24(2,3)29-23(26)25-17-22(28-18-20-9-6-5-7-10-20)12-8-11-19-13-15-21(27-4)16-14-19/h5-11,13-16,22H,12,17-18H2,1-4H3,(H,25,26)/b11-8+/t22-/m1/s1. The molecule has 0 heterocycles. The van der Waals surface area contributed by atoms with Gasteiger partial charge in [0.1, 0.15) is 11.4 Å². The number of nitrogens with one attached hydrogen (secondary N) is 1. The van der Waals surface area contributed by atoms with Gasteiger partial charge in [0.15, 0.2) is 0 Å². The molecule has 2 aromatic carbocycles. The Balaban J connectivity index is 1.92. The number of carbonyl (C=O) groups is 1. The number of alkyl carbamates (subject to hydrolysis) is 1. The van der Waals surface area contributed by atoms with Crippen LogP contribution in [0.5, 0.6) is 5.75 Å². The Kier molecular flexibility index (Phi) is 8.74. The molecule has 156 valence electrons. The van der Waals surface area contributed by atoms with Gasteiger partial charge < -0.3 is 19.5 Å². The molecule has 0 unspecified atom stereocenters. The van der Waals surface area contributed by atoms with Gasteiger partial charge in [-0.2, -0.15) is 0 Å². The predicted molar refractivity (Wildman–Crippen MR) is 116 cm³/mol. The van der Waals surface area contributed by atoms with Crippen LogP contribution in [-0.4, -0.2) is 31.5 Å². The maximum absolute atomic E-state index is 12.0. The minimum absolute atomic E-state index is 0.169. The molecule has 0 saturated heterocycles. The Bertz CT molecular complexity index is 764. The van der Waals surface area contributed by atoms with E-state index in [9.17, 15) is 4.79 Å². The van der Waals surface area contributed by atoms with E-state index >= 15 is 0 Å². The molecule has 29 heavy (non-hydrogen) atoms.